The predicted molar refractivity (Wildman–Crippen MR) is 114 cm³/mol. The maximum atomic E-state index is 12.7. The second-order valence-electron chi connectivity index (χ2n) is 7.76. The summed E-state index contributed by atoms with van der Waals surface area (Å²) in [5.41, 5.74) is 6.11. The van der Waals surface area contributed by atoms with Gasteiger partial charge in [0.25, 0.3) is 0 Å². The van der Waals surface area contributed by atoms with E-state index >= 15 is 0 Å². The van der Waals surface area contributed by atoms with Gasteiger partial charge in [-0.3, -0.25) is 9.48 Å². The molecule has 3 aromatic rings. The molecule has 1 aromatic heterocycles. The zero-order chi connectivity index (χ0) is 19.8. The van der Waals surface area contributed by atoms with Gasteiger partial charge in [0.05, 0.1) is 5.69 Å². The van der Waals surface area contributed by atoms with Crippen molar-refractivity contribution in [3.8, 4) is 0 Å². The van der Waals surface area contributed by atoms with E-state index in [2.05, 4.69) is 55.3 Å². The van der Waals surface area contributed by atoms with Gasteiger partial charge in [0.2, 0.25) is 5.91 Å². The van der Waals surface area contributed by atoms with E-state index in [0.29, 0.717) is 6.54 Å². The highest BCUT2D eigenvalue weighted by atomic mass is 35.5. The minimum Gasteiger partial charge on any atom is -0.334 e. The quantitative estimate of drug-likeness (QED) is 0.617. The average Bonchev–Trinajstić information content (AvgIpc) is 3.00. The average molecular weight is 396 g/mol. The van der Waals surface area contributed by atoms with Gasteiger partial charge in [-0.05, 0) is 54.2 Å². The smallest absolute Gasteiger partial charge is 0.238 e. The van der Waals surface area contributed by atoms with Gasteiger partial charge < -0.3 is 4.90 Å². The van der Waals surface area contributed by atoms with Crippen molar-refractivity contribution in [2.45, 2.75) is 45.7 Å². The van der Waals surface area contributed by atoms with Crippen LogP contribution in [-0.4, -0.2) is 32.5 Å². The highest BCUT2D eigenvalue weighted by Gasteiger charge is 2.30. The molecule has 1 unspecified atom stereocenters. The maximum Gasteiger partial charge on any atom is 0.238 e. The molecular formula is C23H26ClN3O. The number of carbonyl (C=O) groups excluding carboxylic acids is 1. The lowest BCUT2D eigenvalue weighted by Gasteiger charge is -2.34. The van der Waals surface area contributed by atoms with Crippen LogP contribution in [0.25, 0.3) is 10.8 Å². The Balaban J connectivity index is 1.64. The molecule has 146 valence electrons. The number of aromatic nitrogens is 2. The zero-order valence-electron chi connectivity index (χ0n) is 16.7. The van der Waals surface area contributed by atoms with E-state index in [1.807, 2.05) is 16.6 Å². The Hall–Kier alpha value is -2.33. The summed E-state index contributed by atoms with van der Waals surface area (Å²) in [4.78, 5) is 14.7. The number of hydrogen-bond donors (Lipinski definition) is 0. The molecule has 1 aliphatic carbocycles. The van der Waals surface area contributed by atoms with Crippen molar-refractivity contribution >= 4 is 28.3 Å². The van der Waals surface area contributed by atoms with Gasteiger partial charge in [-0.25, -0.2) is 0 Å². The van der Waals surface area contributed by atoms with Crippen LogP contribution in [0.3, 0.4) is 0 Å². The molecule has 1 heterocycles. The third-order valence-electron chi connectivity index (χ3n) is 6.22. The summed E-state index contributed by atoms with van der Waals surface area (Å²) >= 11 is 5.99. The summed E-state index contributed by atoms with van der Waals surface area (Å²) in [6.07, 6.45) is 2.71. The van der Waals surface area contributed by atoms with E-state index in [9.17, 15) is 4.79 Å². The molecule has 28 heavy (non-hydrogen) atoms. The lowest BCUT2D eigenvalue weighted by Crippen LogP contribution is -2.43. The largest absolute Gasteiger partial charge is 0.334 e. The van der Waals surface area contributed by atoms with Crippen LogP contribution >= 0.6 is 11.6 Å². The van der Waals surface area contributed by atoms with E-state index in [4.69, 9.17) is 11.6 Å². The molecule has 0 saturated carbocycles. The lowest BCUT2D eigenvalue weighted by atomic mass is 9.90. The molecule has 0 spiro atoms. The topological polar surface area (TPSA) is 38.1 Å². The van der Waals surface area contributed by atoms with Crippen molar-refractivity contribution in [3.63, 3.8) is 0 Å². The summed E-state index contributed by atoms with van der Waals surface area (Å²) in [5, 5.41) is 7.15. The Morgan fingerprint density at radius 3 is 2.82 bits per heavy atom. The Labute approximate surface area is 171 Å². The fourth-order valence-electron chi connectivity index (χ4n) is 4.44. The minimum atomic E-state index is -0.00433. The van der Waals surface area contributed by atoms with Crippen LogP contribution in [0.15, 0.2) is 36.4 Å². The second-order valence-corrected chi connectivity index (χ2v) is 8.02. The van der Waals surface area contributed by atoms with Gasteiger partial charge in [-0.2, -0.15) is 5.10 Å². The third-order valence-corrected chi connectivity index (χ3v) is 6.45. The SMILES string of the molecule is Cc1c(CN(C(=O)CCl)C2CCc3c(nn(C)c3C)C2)ccc2ccccc12. The highest BCUT2D eigenvalue weighted by molar-refractivity contribution is 6.27. The van der Waals surface area contributed by atoms with Gasteiger partial charge in [0.15, 0.2) is 0 Å². The third kappa shape index (κ3) is 3.30. The van der Waals surface area contributed by atoms with Crippen LogP contribution in [0.2, 0.25) is 0 Å². The fraction of sp³-hybridized carbons (Fsp3) is 0.391. The summed E-state index contributed by atoms with van der Waals surface area (Å²) in [6.45, 7) is 4.85. The van der Waals surface area contributed by atoms with E-state index in [1.54, 1.807) is 0 Å². The number of aryl methyl sites for hydroxylation is 2. The molecule has 0 bridgehead atoms. The molecule has 2 aromatic carbocycles. The number of carbonyl (C=O) groups is 1. The van der Waals surface area contributed by atoms with Crippen molar-refractivity contribution in [3.05, 3.63) is 64.5 Å². The van der Waals surface area contributed by atoms with Gasteiger partial charge in [-0.1, -0.05) is 36.4 Å². The molecular weight excluding hydrogens is 370 g/mol. The van der Waals surface area contributed by atoms with Crippen LogP contribution < -0.4 is 0 Å². The molecule has 0 saturated heterocycles. The van der Waals surface area contributed by atoms with Crippen LogP contribution in [0.4, 0.5) is 0 Å². The van der Waals surface area contributed by atoms with Crippen LogP contribution in [0.1, 0.15) is 34.5 Å². The molecule has 1 amide bonds. The molecule has 4 rings (SSSR count). The van der Waals surface area contributed by atoms with Crippen molar-refractivity contribution in [1.29, 1.82) is 0 Å². The summed E-state index contributed by atoms with van der Waals surface area (Å²) < 4.78 is 1.95. The molecule has 5 heteroatoms. The summed E-state index contributed by atoms with van der Waals surface area (Å²) in [5.74, 6) is 0.00682. The second kappa shape index (κ2) is 7.59. The molecule has 0 N–H and O–H groups in total. The molecule has 0 fully saturated rings. The van der Waals surface area contributed by atoms with E-state index in [1.165, 1.54) is 33.2 Å². The first-order chi connectivity index (χ1) is 13.5. The number of benzene rings is 2. The standard InChI is InChI=1S/C23H26ClN3O/c1-15-18(9-8-17-6-4-5-7-20(15)17)14-27(23(28)13-24)19-10-11-21-16(2)26(3)25-22(21)12-19/h4-9,19H,10-14H2,1-3H3. The Morgan fingerprint density at radius 1 is 1.25 bits per heavy atom. The minimum absolute atomic E-state index is 0.00433. The summed E-state index contributed by atoms with van der Waals surface area (Å²) in [7, 11) is 1.99. The van der Waals surface area contributed by atoms with Crippen LogP contribution in [0, 0.1) is 13.8 Å². The van der Waals surface area contributed by atoms with Crippen LogP contribution in [-0.2, 0) is 31.2 Å². The first-order valence-electron chi connectivity index (χ1n) is 9.83. The van der Waals surface area contributed by atoms with Crippen LogP contribution in [0.5, 0.6) is 0 Å². The number of alkyl halides is 1. The van der Waals surface area contributed by atoms with Crippen molar-refractivity contribution < 1.29 is 4.79 Å². The van der Waals surface area contributed by atoms with Crippen molar-refractivity contribution in [2.24, 2.45) is 7.05 Å². The number of halogens is 1. The van der Waals surface area contributed by atoms with Gasteiger partial charge in [0.1, 0.15) is 5.88 Å². The number of hydrogen-bond acceptors (Lipinski definition) is 2. The molecule has 0 aliphatic heterocycles. The zero-order valence-corrected chi connectivity index (χ0v) is 17.5. The molecule has 0 radical (unpaired) electrons. The number of rotatable bonds is 4. The van der Waals surface area contributed by atoms with Gasteiger partial charge in [-0.15, -0.1) is 11.6 Å². The summed E-state index contributed by atoms with van der Waals surface area (Å²) in [6, 6.07) is 12.8. The Kier molecular flexibility index (Phi) is 5.15. The number of fused-ring (bicyclic) bond motifs is 2. The number of nitrogens with zero attached hydrogens (tertiary/aromatic N) is 3. The fourth-order valence-corrected chi connectivity index (χ4v) is 4.59. The van der Waals surface area contributed by atoms with Crippen molar-refractivity contribution in [1.82, 2.24) is 14.7 Å². The normalized spacial score (nSPS) is 16.2. The highest BCUT2D eigenvalue weighted by Crippen LogP contribution is 2.29. The van der Waals surface area contributed by atoms with E-state index in [-0.39, 0.29) is 17.8 Å². The molecule has 1 aliphatic rings. The molecule has 4 nitrogen and oxygen atoms in total. The first kappa shape index (κ1) is 19.0. The van der Waals surface area contributed by atoms with Crippen molar-refractivity contribution in [2.75, 3.05) is 5.88 Å². The lowest BCUT2D eigenvalue weighted by molar-refractivity contribution is -0.131. The maximum absolute atomic E-state index is 12.7. The Bertz CT molecular complexity index is 1040. The molecule has 1 atom stereocenters. The van der Waals surface area contributed by atoms with E-state index in [0.717, 1.165) is 25.0 Å². The predicted octanol–water partition coefficient (Wildman–Crippen LogP) is 4.32. The first-order valence-corrected chi connectivity index (χ1v) is 10.4. The monoisotopic (exact) mass is 395 g/mol. The number of amides is 1. The van der Waals surface area contributed by atoms with E-state index < -0.39 is 0 Å². The Morgan fingerprint density at radius 2 is 2.04 bits per heavy atom. The van der Waals surface area contributed by atoms with Gasteiger partial charge in [0, 0.05) is 31.7 Å². The van der Waals surface area contributed by atoms with Gasteiger partial charge >= 0.3 is 0 Å².